The Balaban J connectivity index is 0.00000101. The van der Waals surface area contributed by atoms with Crippen LogP contribution in [-0.2, 0) is 27.8 Å². The van der Waals surface area contributed by atoms with Crippen molar-refractivity contribution in [2.75, 3.05) is 38.9 Å². The van der Waals surface area contributed by atoms with Crippen molar-refractivity contribution in [3.05, 3.63) is 118 Å². The summed E-state index contributed by atoms with van der Waals surface area (Å²) in [7, 11) is -2.05. The lowest BCUT2D eigenvalue weighted by molar-refractivity contribution is 0.0612. The molecule has 3 N–H and O–H groups in total. The first kappa shape index (κ1) is 38.9. The Kier molecular flexibility index (Phi) is 12.8. The van der Waals surface area contributed by atoms with E-state index in [0.717, 1.165) is 71.5 Å². The number of anilines is 1. The molecule has 0 amide bonds. The van der Waals surface area contributed by atoms with Crippen molar-refractivity contribution in [2.24, 2.45) is 5.92 Å². The summed E-state index contributed by atoms with van der Waals surface area (Å²) in [4.78, 5) is 32.0. The van der Waals surface area contributed by atoms with Gasteiger partial charge in [0.15, 0.2) is 22.7 Å². The predicted octanol–water partition coefficient (Wildman–Crippen LogP) is 6.90. The van der Waals surface area contributed by atoms with Gasteiger partial charge in [-0.1, -0.05) is 60.2 Å². The molecule has 5 aromatic rings. The molecule has 53 heavy (non-hydrogen) atoms. The van der Waals surface area contributed by atoms with Gasteiger partial charge in [-0.05, 0) is 73.1 Å². The molecule has 12 heteroatoms. The third-order valence-electron chi connectivity index (χ3n) is 8.90. The van der Waals surface area contributed by atoms with Gasteiger partial charge in [-0.2, -0.15) is 8.42 Å². The van der Waals surface area contributed by atoms with Crippen LogP contribution in [0.4, 0.5) is 5.82 Å². The lowest BCUT2D eigenvalue weighted by atomic mass is 9.96. The van der Waals surface area contributed by atoms with E-state index in [9.17, 15) is 18.0 Å². The quantitative estimate of drug-likeness (QED) is 0.108. The Hall–Kier alpha value is -5.30. The Bertz CT molecular complexity index is 2200. The molecule has 0 radical (unpaired) electrons. The summed E-state index contributed by atoms with van der Waals surface area (Å²) in [6.45, 7) is 6.66. The number of nitrogens with two attached hydrogens (primary N) is 1. The summed E-state index contributed by atoms with van der Waals surface area (Å²) in [5.41, 5.74) is 13.0. The Morgan fingerprint density at radius 1 is 0.925 bits per heavy atom. The summed E-state index contributed by atoms with van der Waals surface area (Å²) in [5.74, 6) is 1.94. The molecule has 1 fully saturated rings. The number of benzene rings is 3. The van der Waals surface area contributed by atoms with E-state index in [1.807, 2.05) is 97.4 Å². The van der Waals surface area contributed by atoms with Crippen molar-refractivity contribution in [2.45, 2.75) is 39.7 Å². The van der Waals surface area contributed by atoms with E-state index in [-0.39, 0.29) is 23.2 Å². The standard InChI is InChI=1S/C40H41N3O5.CH4O3S/c1-4-48-38-21-31(13-14-37(38)46-3)32-20-33(40(41)42-22-32)29-11-7-27(8-12-29)19-36(44)35-25-43(23-28-15-17-47-18-16-28)24-34(39(35)45)30-9-5-26(2)6-10-30;1-5(2,3)4/h5-14,20-22,24-25,28H,4,15-19,23H2,1-3H3,(H2,41,42);1H3,(H,2,3,4). The van der Waals surface area contributed by atoms with Crippen LogP contribution in [0.3, 0.4) is 0 Å². The Morgan fingerprint density at radius 2 is 1.55 bits per heavy atom. The van der Waals surface area contributed by atoms with E-state index < -0.39 is 10.1 Å². The predicted molar refractivity (Wildman–Crippen MR) is 207 cm³/mol. The van der Waals surface area contributed by atoms with Gasteiger partial charge in [-0.25, -0.2) is 4.98 Å². The van der Waals surface area contributed by atoms with Crippen molar-refractivity contribution in [1.82, 2.24) is 9.55 Å². The number of ether oxygens (including phenoxy) is 3. The highest BCUT2D eigenvalue weighted by atomic mass is 32.2. The van der Waals surface area contributed by atoms with Gasteiger partial charge in [0.25, 0.3) is 10.1 Å². The fraction of sp³-hybridized carbons (Fsp3) is 0.293. The Labute approximate surface area is 310 Å². The number of methoxy groups -OCH3 is 1. The molecule has 0 aliphatic carbocycles. The first-order valence-electron chi connectivity index (χ1n) is 17.3. The van der Waals surface area contributed by atoms with Crippen LogP contribution in [0.5, 0.6) is 11.5 Å². The fourth-order valence-electron chi connectivity index (χ4n) is 6.17. The zero-order valence-electron chi connectivity index (χ0n) is 30.4. The minimum atomic E-state index is -3.67. The van der Waals surface area contributed by atoms with Crippen LogP contribution in [0, 0.1) is 12.8 Å². The Morgan fingerprint density at radius 3 is 2.19 bits per heavy atom. The van der Waals surface area contributed by atoms with Crippen LogP contribution in [0.25, 0.3) is 33.4 Å². The lowest BCUT2D eigenvalue weighted by Gasteiger charge is -2.23. The number of carbonyl (C=O) groups excluding carboxylic acids is 1. The molecule has 2 aromatic heterocycles. The average Bonchev–Trinajstić information content (AvgIpc) is 3.13. The number of aromatic nitrogens is 2. The first-order valence-corrected chi connectivity index (χ1v) is 19.2. The first-order chi connectivity index (χ1) is 25.3. The maximum absolute atomic E-state index is 13.8. The van der Waals surface area contributed by atoms with Crippen LogP contribution in [0.2, 0.25) is 0 Å². The summed E-state index contributed by atoms with van der Waals surface area (Å²) in [6, 6.07) is 23.3. The molecule has 3 aromatic carbocycles. The van der Waals surface area contributed by atoms with Crippen LogP contribution in [0.15, 0.2) is 96.2 Å². The summed E-state index contributed by atoms with van der Waals surface area (Å²) >= 11 is 0. The second-order valence-corrected chi connectivity index (χ2v) is 14.5. The number of nitrogens with zero attached hydrogens (tertiary/aromatic N) is 2. The van der Waals surface area contributed by atoms with Gasteiger partial charge in [0.2, 0.25) is 0 Å². The number of ketones is 1. The number of nitrogen functional groups attached to an aromatic ring is 1. The number of carbonyl (C=O) groups is 1. The number of Topliss-reactive ketones (excluding diaryl/α,β-unsaturated/α-hetero) is 1. The number of aryl methyl sites for hydroxylation is 1. The number of rotatable bonds is 11. The van der Waals surface area contributed by atoms with Gasteiger partial charge in [0.05, 0.1) is 25.5 Å². The van der Waals surface area contributed by atoms with E-state index in [4.69, 9.17) is 24.5 Å². The topological polar surface area (TPSA) is 160 Å². The molecule has 3 heterocycles. The average molecular weight is 740 g/mol. The van der Waals surface area contributed by atoms with E-state index in [1.165, 1.54) is 0 Å². The zero-order chi connectivity index (χ0) is 38.1. The molecule has 0 unspecified atom stereocenters. The maximum atomic E-state index is 13.8. The third kappa shape index (κ3) is 10.6. The monoisotopic (exact) mass is 739 g/mol. The highest BCUT2D eigenvalue weighted by molar-refractivity contribution is 7.85. The van der Waals surface area contributed by atoms with Gasteiger partial charge < -0.3 is 24.5 Å². The molecule has 6 rings (SSSR count). The second-order valence-electron chi connectivity index (χ2n) is 13.0. The molecular formula is C41H45N3O8S. The van der Waals surface area contributed by atoms with Crippen LogP contribution >= 0.6 is 0 Å². The minimum absolute atomic E-state index is 0.101. The van der Waals surface area contributed by atoms with Crippen molar-refractivity contribution < 1.29 is 32.0 Å². The molecular weight excluding hydrogens is 695 g/mol. The summed E-state index contributed by atoms with van der Waals surface area (Å²) < 4.78 is 44.6. The molecule has 0 spiro atoms. The summed E-state index contributed by atoms with van der Waals surface area (Å²) in [6.07, 6.45) is 8.10. The molecule has 278 valence electrons. The second kappa shape index (κ2) is 17.5. The van der Waals surface area contributed by atoms with Gasteiger partial charge >= 0.3 is 0 Å². The van der Waals surface area contributed by atoms with Crippen molar-refractivity contribution in [3.8, 4) is 44.9 Å². The molecule has 11 nitrogen and oxygen atoms in total. The van der Waals surface area contributed by atoms with Crippen molar-refractivity contribution in [1.29, 1.82) is 0 Å². The van der Waals surface area contributed by atoms with Crippen LogP contribution in [-0.4, -0.2) is 61.5 Å². The largest absolute Gasteiger partial charge is 0.493 e. The van der Waals surface area contributed by atoms with E-state index >= 15 is 0 Å². The zero-order valence-corrected chi connectivity index (χ0v) is 31.2. The van der Waals surface area contributed by atoms with Crippen LogP contribution < -0.4 is 20.6 Å². The normalized spacial score (nSPS) is 13.2. The lowest BCUT2D eigenvalue weighted by Crippen LogP contribution is -2.25. The smallest absolute Gasteiger partial charge is 0.261 e. The molecule has 0 saturated carbocycles. The number of hydrogen-bond donors (Lipinski definition) is 2. The number of hydrogen-bond acceptors (Lipinski definition) is 9. The summed E-state index contributed by atoms with van der Waals surface area (Å²) in [5, 5.41) is 0. The molecule has 0 bridgehead atoms. The van der Waals surface area contributed by atoms with Crippen molar-refractivity contribution in [3.63, 3.8) is 0 Å². The van der Waals surface area contributed by atoms with E-state index in [1.54, 1.807) is 19.5 Å². The maximum Gasteiger partial charge on any atom is 0.261 e. The van der Waals surface area contributed by atoms with E-state index in [2.05, 4.69) is 4.98 Å². The highest BCUT2D eigenvalue weighted by Crippen LogP contribution is 2.35. The van der Waals surface area contributed by atoms with Gasteiger partial charge in [0.1, 0.15) is 5.82 Å². The molecule has 0 atom stereocenters. The minimum Gasteiger partial charge on any atom is -0.493 e. The molecule has 1 aliphatic heterocycles. The molecule has 1 aliphatic rings. The van der Waals surface area contributed by atoms with E-state index in [0.29, 0.717) is 41.7 Å². The highest BCUT2D eigenvalue weighted by Gasteiger charge is 2.20. The van der Waals surface area contributed by atoms with Gasteiger partial charge in [-0.15, -0.1) is 0 Å². The fourth-order valence-corrected chi connectivity index (χ4v) is 6.17. The van der Waals surface area contributed by atoms with Gasteiger partial charge in [-0.3, -0.25) is 14.1 Å². The number of pyridine rings is 2. The van der Waals surface area contributed by atoms with Gasteiger partial charge in [0, 0.05) is 61.5 Å². The third-order valence-corrected chi connectivity index (χ3v) is 8.90. The molecule has 1 saturated heterocycles. The van der Waals surface area contributed by atoms with Crippen LogP contribution in [0.1, 0.15) is 41.3 Å². The van der Waals surface area contributed by atoms with Crippen molar-refractivity contribution >= 4 is 21.7 Å². The SMILES string of the molecule is CCOc1cc(-c2cnc(N)c(-c3ccc(CC(=O)c4cn(CC5CCOCC5)cc(-c5ccc(C)cc5)c4=O)cc3)c2)ccc1OC.CS(=O)(=O)O.